The van der Waals surface area contributed by atoms with Gasteiger partial charge in [0.05, 0.1) is 33.9 Å². The molecule has 0 atom stereocenters. The van der Waals surface area contributed by atoms with E-state index in [1.165, 1.54) is 11.8 Å². The number of amides is 1. The Hall–Kier alpha value is -3.49. The molecule has 0 fully saturated rings. The van der Waals surface area contributed by atoms with Crippen LogP contribution in [0.15, 0.2) is 76.7 Å². The Labute approximate surface area is 198 Å². The zero-order valence-corrected chi connectivity index (χ0v) is 18.9. The first-order chi connectivity index (χ1) is 16.1. The number of carbonyl (C=O) groups excluding carboxylic acids is 1. The minimum Gasteiger partial charge on any atom is -0.454 e. The molecule has 0 bridgehead atoms. The number of carbonyl (C=O) groups is 1. The molecule has 166 valence electrons. The van der Waals surface area contributed by atoms with E-state index in [4.69, 9.17) is 21.1 Å². The van der Waals surface area contributed by atoms with E-state index >= 15 is 0 Å². The molecular formula is C24H18ClN3O4S. The van der Waals surface area contributed by atoms with Crippen LogP contribution >= 0.6 is 23.4 Å². The van der Waals surface area contributed by atoms with Crippen LogP contribution in [0.2, 0.25) is 5.02 Å². The molecule has 33 heavy (non-hydrogen) atoms. The minimum atomic E-state index is -0.245. The molecule has 4 aromatic rings. The van der Waals surface area contributed by atoms with Crippen molar-refractivity contribution >= 4 is 45.9 Å². The fraction of sp³-hybridized carbons (Fsp3) is 0.125. The van der Waals surface area contributed by atoms with Crippen LogP contribution in [0.25, 0.3) is 10.9 Å². The quantitative estimate of drug-likeness (QED) is 0.322. The van der Waals surface area contributed by atoms with E-state index in [0.717, 1.165) is 5.56 Å². The van der Waals surface area contributed by atoms with Crippen molar-refractivity contribution in [1.82, 2.24) is 9.55 Å². The molecule has 0 spiro atoms. The molecule has 0 saturated heterocycles. The number of aromatic nitrogens is 2. The van der Waals surface area contributed by atoms with Crippen molar-refractivity contribution in [2.75, 3.05) is 17.9 Å². The first kappa shape index (κ1) is 21.4. The lowest BCUT2D eigenvalue weighted by Crippen LogP contribution is -2.25. The molecule has 1 N–H and O–H groups in total. The van der Waals surface area contributed by atoms with Gasteiger partial charge in [-0.25, -0.2) is 4.98 Å². The van der Waals surface area contributed by atoms with Gasteiger partial charge in [-0.3, -0.25) is 14.2 Å². The van der Waals surface area contributed by atoms with Crippen LogP contribution in [0.5, 0.6) is 11.5 Å². The van der Waals surface area contributed by atoms with Gasteiger partial charge in [0.15, 0.2) is 16.7 Å². The van der Waals surface area contributed by atoms with Crippen LogP contribution in [0.4, 0.5) is 5.69 Å². The lowest BCUT2D eigenvalue weighted by Gasteiger charge is -2.14. The molecule has 1 aromatic heterocycles. The zero-order valence-electron chi connectivity index (χ0n) is 17.3. The monoisotopic (exact) mass is 479 g/mol. The van der Waals surface area contributed by atoms with Gasteiger partial charge in [0, 0.05) is 0 Å². The second kappa shape index (κ2) is 9.17. The third kappa shape index (κ3) is 4.53. The molecule has 0 saturated carbocycles. The number of rotatable bonds is 6. The van der Waals surface area contributed by atoms with E-state index in [2.05, 4.69) is 10.3 Å². The summed E-state index contributed by atoms with van der Waals surface area (Å²) in [6, 6.07) is 19.7. The molecule has 7 nitrogen and oxygen atoms in total. The number of anilines is 1. The van der Waals surface area contributed by atoms with Crippen molar-refractivity contribution in [3.63, 3.8) is 0 Å². The van der Waals surface area contributed by atoms with Gasteiger partial charge in [-0.05, 0) is 42.0 Å². The van der Waals surface area contributed by atoms with Crippen molar-refractivity contribution in [3.05, 3.63) is 87.7 Å². The maximum Gasteiger partial charge on any atom is 0.262 e. The first-order valence-corrected chi connectivity index (χ1v) is 11.5. The molecule has 3 aromatic carbocycles. The molecule has 0 aliphatic carbocycles. The number of thioether (sulfide) groups is 1. The highest BCUT2D eigenvalue weighted by atomic mass is 35.5. The van der Waals surface area contributed by atoms with Crippen molar-refractivity contribution in [1.29, 1.82) is 0 Å². The molecular weight excluding hydrogens is 462 g/mol. The van der Waals surface area contributed by atoms with E-state index in [-0.39, 0.29) is 30.6 Å². The summed E-state index contributed by atoms with van der Waals surface area (Å²) in [5.74, 6) is 1.14. The smallest absolute Gasteiger partial charge is 0.262 e. The molecule has 0 unspecified atom stereocenters. The molecule has 0 radical (unpaired) electrons. The van der Waals surface area contributed by atoms with Gasteiger partial charge >= 0.3 is 0 Å². The average molecular weight is 480 g/mol. The van der Waals surface area contributed by atoms with Gasteiger partial charge < -0.3 is 14.8 Å². The number of halogens is 1. The predicted molar refractivity (Wildman–Crippen MR) is 128 cm³/mol. The normalized spacial score (nSPS) is 12.2. The number of benzene rings is 3. The van der Waals surface area contributed by atoms with Crippen molar-refractivity contribution in [2.24, 2.45) is 0 Å². The van der Waals surface area contributed by atoms with E-state index in [1.807, 2.05) is 24.3 Å². The number of fused-ring (bicyclic) bond motifs is 2. The summed E-state index contributed by atoms with van der Waals surface area (Å²) in [5, 5.41) is 4.22. The molecule has 1 aliphatic heterocycles. The number of hydrogen-bond acceptors (Lipinski definition) is 6. The lowest BCUT2D eigenvalue weighted by atomic mass is 10.2. The van der Waals surface area contributed by atoms with Crippen LogP contribution in [0.1, 0.15) is 5.56 Å². The fourth-order valence-corrected chi connectivity index (χ4v) is 4.48. The predicted octanol–water partition coefficient (Wildman–Crippen LogP) is 4.56. The van der Waals surface area contributed by atoms with Crippen LogP contribution in [0.3, 0.4) is 0 Å². The van der Waals surface area contributed by atoms with E-state index < -0.39 is 0 Å². The van der Waals surface area contributed by atoms with Crippen molar-refractivity contribution < 1.29 is 14.3 Å². The van der Waals surface area contributed by atoms with Crippen molar-refractivity contribution in [3.8, 4) is 11.5 Å². The lowest BCUT2D eigenvalue weighted by molar-refractivity contribution is -0.113. The molecule has 5 rings (SSSR count). The van der Waals surface area contributed by atoms with Gasteiger partial charge in [0.2, 0.25) is 12.7 Å². The number of nitrogens with zero attached hydrogens (tertiary/aromatic N) is 2. The van der Waals surface area contributed by atoms with Crippen LogP contribution in [-0.2, 0) is 11.3 Å². The number of ether oxygens (including phenoxy) is 2. The van der Waals surface area contributed by atoms with Crippen LogP contribution in [-0.4, -0.2) is 28.0 Å². The Morgan fingerprint density at radius 2 is 1.85 bits per heavy atom. The summed E-state index contributed by atoms with van der Waals surface area (Å²) >= 11 is 7.32. The van der Waals surface area contributed by atoms with E-state index in [9.17, 15) is 9.59 Å². The van der Waals surface area contributed by atoms with E-state index in [0.29, 0.717) is 38.3 Å². The van der Waals surface area contributed by atoms with Gasteiger partial charge in [-0.15, -0.1) is 0 Å². The highest BCUT2D eigenvalue weighted by Crippen LogP contribution is 2.33. The first-order valence-electron chi connectivity index (χ1n) is 10.1. The average Bonchev–Trinajstić information content (AvgIpc) is 3.29. The summed E-state index contributed by atoms with van der Waals surface area (Å²) in [5.41, 5.74) is 1.81. The Kier molecular flexibility index (Phi) is 5.93. The number of para-hydroxylation sites is 2. The Balaban J connectivity index is 1.43. The summed E-state index contributed by atoms with van der Waals surface area (Å²) in [7, 11) is 0. The highest BCUT2D eigenvalue weighted by molar-refractivity contribution is 7.99. The standard InChI is InChI=1S/C24H18ClN3O4S/c25-17-6-2-4-8-19(17)26-22(29)13-33-24-27-18-7-3-1-5-16(18)23(30)28(24)12-15-9-10-20-21(11-15)32-14-31-20/h1-11H,12-14H2,(H,26,29). The summed E-state index contributed by atoms with van der Waals surface area (Å²) in [6.07, 6.45) is 0. The molecule has 2 heterocycles. The highest BCUT2D eigenvalue weighted by Gasteiger charge is 2.17. The summed E-state index contributed by atoms with van der Waals surface area (Å²) in [4.78, 5) is 30.5. The molecule has 1 amide bonds. The maximum atomic E-state index is 13.3. The van der Waals surface area contributed by atoms with Gasteiger partial charge in [-0.1, -0.05) is 53.7 Å². The Morgan fingerprint density at radius 3 is 2.73 bits per heavy atom. The third-order valence-electron chi connectivity index (χ3n) is 5.08. The van der Waals surface area contributed by atoms with Gasteiger partial charge in [0.25, 0.3) is 5.56 Å². The Morgan fingerprint density at radius 1 is 1.06 bits per heavy atom. The third-order valence-corrected chi connectivity index (χ3v) is 6.39. The SMILES string of the molecule is O=C(CSc1nc2ccccc2c(=O)n1Cc1ccc2c(c1)OCO2)Nc1ccccc1Cl. The number of hydrogen-bond donors (Lipinski definition) is 1. The zero-order chi connectivity index (χ0) is 22.8. The Bertz CT molecular complexity index is 1420. The fourth-order valence-electron chi connectivity index (χ4n) is 3.50. The van der Waals surface area contributed by atoms with Crippen LogP contribution in [0, 0.1) is 0 Å². The molecule has 9 heteroatoms. The number of nitrogens with one attached hydrogen (secondary N) is 1. The topological polar surface area (TPSA) is 82.5 Å². The van der Waals surface area contributed by atoms with Crippen LogP contribution < -0.4 is 20.3 Å². The summed E-state index contributed by atoms with van der Waals surface area (Å²) < 4.78 is 12.4. The largest absolute Gasteiger partial charge is 0.454 e. The second-order valence-corrected chi connectivity index (χ2v) is 8.66. The minimum absolute atomic E-state index is 0.0666. The maximum absolute atomic E-state index is 13.3. The van der Waals surface area contributed by atoms with Crippen molar-refractivity contribution in [2.45, 2.75) is 11.7 Å². The second-order valence-electron chi connectivity index (χ2n) is 7.31. The summed E-state index contributed by atoms with van der Waals surface area (Å²) in [6.45, 7) is 0.458. The van der Waals surface area contributed by atoms with E-state index in [1.54, 1.807) is 47.0 Å². The molecule has 1 aliphatic rings. The van der Waals surface area contributed by atoms with Gasteiger partial charge in [0.1, 0.15) is 0 Å². The van der Waals surface area contributed by atoms with Gasteiger partial charge in [-0.2, -0.15) is 0 Å².